The number of aromatic nitrogens is 3. The van der Waals surface area contributed by atoms with Gasteiger partial charge in [-0.15, -0.1) is 0 Å². The lowest BCUT2D eigenvalue weighted by Crippen LogP contribution is -2.48. The molecular weight excluding hydrogens is 506 g/mol. The van der Waals surface area contributed by atoms with Crippen molar-refractivity contribution in [2.45, 2.75) is 25.0 Å². The van der Waals surface area contributed by atoms with Crippen molar-refractivity contribution in [3.8, 4) is 11.5 Å². The van der Waals surface area contributed by atoms with E-state index in [1.165, 1.54) is 6.20 Å². The molecule has 0 atom stereocenters. The minimum Gasteiger partial charge on any atom is -0.493 e. The highest BCUT2D eigenvalue weighted by Gasteiger charge is 2.34. The van der Waals surface area contributed by atoms with Gasteiger partial charge in [-0.2, -0.15) is 4.98 Å². The van der Waals surface area contributed by atoms with E-state index in [0.29, 0.717) is 52.5 Å². The summed E-state index contributed by atoms with van der Waals surface area (Å²) in [5, 5.41) is 6.76. The first-order chi connectivity index (χ1) is 18.9. The molecular formula is C28H34F2N6O3. The number of anilines is 4. The quantitative estimate of drug-likeness (QED) is 0.246. The van der Waals surface area contributed by atoms with Gasteiger partial charge >= 0.3 is 0 Å². The van der Waals surface area contributed by atoms with Gasteiger partial charge in [-0.05, 0) is 37.4 Å². The Kier molecular flexibility index (Phi) is 7.99. The molecule has 0 radical (unpaired) electrons. The van der Waals surface area contributed by atoms with E-state index in [4.69, 9.17) is 14.2 Å². The van der Waals surface area contributed by atoms with E-state index in [0.717, 1.165) is 37.2 Å². The Morgan fingerprint density at radius 1 is 0.974 bits per heavy atom. The number of nitrogens with zero attached hydrogens (tertiary/aromatic N) is 4. The fraction of sp³-hybridized carbons (Fsp3) is 0.321. The molecule has 0 aliphatic heterocycles. The molecule has 2 aromatic heterocycles. The van der Waals surface area contributed by atoms with E-state index < -0.39 is 11.6 Å². The molecule has 0 saturated heterocycles. The van der Waals surface area contributed by atoms with E-state index >= 15 is 0 Å². The lowest BCUT2D eigenvalue weighted by Gasteiger charge is -2.41. The van der Waals surface area contributed by atoms with Gasteiger partial charge < -0.3 is 29.7 Å². The maximum absolute atomic E-state index is 13.6. The van der Waals surface area contributed by atoms with Crippen LogP contribution in [0.25, 0.3) is 10.9 Å². The summed E-state index contributed by atoms with van der Waals surface area (Å²) in [4.78, 5) is 15.3. The largest absolute Gasteiger partial charge is 0.493 e. The van der Waals surface area contributed by atoms with Crippen LogP contribution in [0.15, 0.2) is 54.9 Å². The Hall–Kier alpha value is -4.09. The highest BCUT2D eigenvalue weighted by molar-refractivity contribution is 5.82. The SMILES string of the molecule is COCCN(C)C1CC(Oc2ccc(Nc3nccc(Nc4cnc5cc(F)c(F)cc5c4)n3)cc2OC)C1.[HH].[HH]. The summed E-state index contributed by atoms with van der Waals surface area (Å²) in [6.45, 7) is 1.62. The maximum Gasteiger partial charge on any atom is 0.229 e. The van der Waals surface area contributed by atoms with Crippen molar-refractivity contribution in [3.05, 3.63) is 66.5 Å². The van der Waals surface area contributed by atoms with Crippen molar-refractivity contribution in [2.75, 3.05) is 45.1 Å². The summed E-state index contributed by atoms with van der Waals surface area (Å²) >= 11 is 0. The number of likely N-dealkylation sites (N-methyl/N-ethyl adjacent to an activating group) is 1. The Bertz CT molecular complexity index is 1460. The van der Waals surface area contributed by atoms with Crippen LogP contribution in [0.4, 0.5) is 31.9 Å². The van der Waals surface area contributed by atoms with E-state index in [1.807, 2.05) is 18.2 Å². The van der Waals surface area contributed by atoms with Gasteiger partial charge in [0.2, 0.25) is 5.95 Å². The Balaban J connectivity index is 0.00000231. The molecule has 0 unspecified atom stereocenters. The zero-order chi connectivity index (χ0) is 27.4. The van der Waals surface area contributed by atoms with Gasteiger partial charge in [-0.25, -0.2) is 13.8 Å². The van der Waals surface area contributed by atoms with Crippen molar-refractivity contribution in [3.63, 3.8) is 0 Å². The monoisotopic (exact) mass is 540 g/mol. The number of hydrogen-bond donors (Lipinski definition) is 2. The van der Waals surface area contributed by atoms with Crippen molar-refractivity contribution in [1.82, 2.24) is 19.9 Å². The van der Waals surface area contributed by atoms with Gasteiger partial charge in [0.1, 0.15) is 11.9 Å². The number of benzene rings is 2. The molecule has 9 nitrogen and oxygen atoms in total. The summed E-state index contributed by atoms with van der Waals surface area (Å²) in [5.41, 5.74) is 1.66. The fourth-order valence-corrected chi connectivity index (χ4v) is 4.39. The first-order valence-corrected chi connectivity index (χ1v) is 12.6. The average Bonchev–Trinajstić information content (AvgIpc) is 2.90. The standard InChI is InChI=1S/C28H30F2N6O3.2H2/c1-36(8-9-37-2)20-13-21(14-20)39-25-5-4-18(12-26(25)38-3)34-28-31-7-6-27(35-28)33-19-10-17-11-22(29)23(30)15-24(17)32-16-19;;/h4-7,10-12,15-16,20-21H,8-9,13-14H2,1-3H3,(H2,31,33,34,35);2*1H. The molecule has 1 fully saturated rings. The number of ether oxygens (including phenoxy) is 3. The molecule has 1 aliphatic carbocycles. The van der Waals surface area contributed by atoms with E-state index in [1.54, 1.807) is 32.5 Å². The highest BCUT2D eigenvalue weighted by atomic mass is 19.2. The smallest absolute Gasteiger partial charge is 0.229 e. The van der Waals surface area contributed by atoms with Crippen LogP contribution in [0.3, 0.4) is 0 Å². The molecule has 11 heteroatoms. The number of halogens is 2. The first kappa shape index (κ1) is 26.5. The highest BCUT2D eigenvalue weighted by Crippen LogP contribution is 2.36. The predicted molar refractivity (Wildman–Crippen MR) is 149 cm³/mol. The fourth-order valence-electron chi connectivity index (χ4n) is 4.39. The molecule has 4 aromatic rings. The summed E-state index contributed by atoms with van der Waals surface area (Å²) in [7, 11) is 5.42. The molecule has 1 aliphatic rings. The Morgan fingerprint density at radius 2 is 1.79 bits per heavy atom. The number of pyridine rings is 1. The number of rotatable bonds is 11. The molecule has 0 spiro atoms. The van der Waals surface area contributed by atoms with E-state index in [-0.39, 0.29) is 8.96 Å². The van der Waals surface area contributed by atoms with E-state index in [9.17, 15) is 8.78 Å². The van der Waals surface area contributed by atoms with Crippen molar-refractivity contribution in [2.24, 2.45) is 0 Å². The van der Waals surface area contributed by atoms with Gasteiger partial charge in [-0.3, -0.25) is 4.98 Å². The third kappa shape index (κ3) is 6.32. The zero-order valence-corrected chi connectivity index (χ0v) is 21.9. The minimum atomic E-state index is -0.934. The van der Waals surface area contributed by atoms with Crippen LogP contribution in [0.2, 0.25) is 0 Å². The van der Waals surface area contributed by atoms with Crippen LogP contribution in [-0.2, 0) is 4.74 Å². The first-order valence-electron chi connectivity index (χ1n) is 12.6. The molecule has 0 bridgehead atoms. The molecule has 1 saturated carbocycles. The van der Waals surface area contributed by atoms with Gasteiger partial charge in [0.05, 0.1) is 31.1 Å². The number of methoxy groups -OCH3 is 2. The third-order valence-corrected chi connectivity index (χ3v) is 6.71. The summed E-state index contributed by atoms with van der Waals surface area (Å²) in [6, 6.07) is 11.6. The summed E-state index contributed by atoms with van der Waals surface area (Å²) in [6.07, 6.45) is 5.18. The Morgan fingerprint density at radius 3 is 2.59 bits per heavy atom. The van der Waals surface area contributed by atoms with Crippen molar-refractivity contribution < 1.29 is 25.8 Å². The number of fused-ring (bicyclic) bond motifs is 1. The molecule has 5 rings (SSSR count). The number of nitrogens with one attached hydrogen (secondary N) is 2. The third-order valence-electron chi connectivity index (χ3n) is 6.71. The number of hydrogen-bond acceptors (Lipinski definition) is 9. The predicted octanol–water partition coefficient (Wildman–Crippen LogP) is 5.78. The van der Waals surface area contributed by atoms with Crippen LogP contribution >= 0.6 is 0 Å². The van der Waals surface area contributed by atoms with Gasteiger partial charge in [0.15, 0.2) is 23.1 Å². The van der Waals surface area contributed by atoms with Gasteiger partial charge in [0.25, 0.3) is 0 Å². The second-order valence-corrected chi connectivity index (χ2v) is 9.40. The van der Waals surface area contributed by atoms with Gasteiger partial charge in [0, 0.05) is 64.8 Å². The topological polar surface area (TPSA) is 93.7 Å². The zero-order valence-electron chi connectivity index (χ0n) is 21.9. The molecule has 2 N–H and O–H groups in total. The molecule has 39 heavy (non-hydrogen) atoms. The van der Waals surface area contributed by atoms with Crippen LogP contribution in [0.5, 0.6) is 11.5 Å². The minimum absolute atomic E-state index is 0. The summed E-state index contributed by atoms with van der Waals surface area (Å²) < 4.78 is 44.0. The second kappa shape index (κ2) is 11.7. The van der Waals surface area contributed by atoms with Gasteiger partial charge in [-0.1, -0.05) is 0 Å². The van der Waals surface area contributed by atoms with Crippen LogP contribution in [0, 0.1) is 11.6 Å². The summed E-state index contributed by atoms with van der Waals surface area (Å²) in [5.74, 6) is 0.288. The average molecular weight is 541 g/mol. The van der Waals surface area contributed by atoms with Crippen LogP contribution < -0.4 is 20.1 Å². The van der Waals surface area contributed by atoms with Crippen LogP contribution in [-0.4, -0.2) is 66.4 Å². The van der Waals surface area contributed by atoms with Crippen molar-refractivity contribution in [1.29, 1.82) is 0 Å². The van der Waals surface area contributed by atoms with E-state index in [2.05, 4.69) is 37.5 Å². The second-order valence-electron chi connectivity index (χ2n) is 9.40. The van der Waals surface area contributed by atoms with Crippen molar-refractivity contribution >= 4 is 34.0 Å². The molecule has 208 valence electrons. The Labute approximate surface area is 228 Å². The molecule has 0 amide bonds. The normalized spacial score (nSPS) is 16.7. The molecule has 2 heterocycles. The molecule has 2 aromatic carbocycles. The lowest BCUT2D eigenvalue weighted by atomic mass is 9.88. The maximum atomic E-state index is 13.6. The lowest BCUT2D eigenvalue weighted by molar-refractivity contribution is 0.0180. The van der Waals surface area contributed by atoms with Crippen LogP contribution in [0.1, 0.15) is 15.7 Å².